The number of methoxy groups -OCH3 is 1. The van der Waals surface area contributed by atoms with E-state index in [1.165, 1.54) is 0 Å². The van der Waals surface area contributed by atoms with Crippen molar-refractivity contribution in [2.45, 2.75) is 20.0 Å². The van der Waals surface area contributed by atoms with Gasteiger partial charge < -0.3 is 19.1 Å². The molecular weight excluding hydrogens is 356 g/mol. The largest absolute Gasteiger partial charge is 0.497 e. The SMILES string of the molecule is CCN(Cc1ccc2c(c1)OCCO2)C(=O)CN(C)Cc1ccc(OC)cc1. The van der Waals surface area contributed by atoms with Gasteiger partial charge >= 0.3 is 0 Å². The highest BCUT2D eigenvalue weighted by atomic mass is 16.6. The van der Waals surface area contributed by atoms with E-state index in [4.69, 9.17) is 14.2 Å². The van der Waals surface area contributed by atoms with Crippen LogP contribution in [0.3, 0.4) is 0 Å². The number of hydrogen-bond acceptors (Lipinski definition) is 5. The molecule has 1 aliphatic heterocycles. The van der Waals surface area contributed by atoms with E-state index >= 15 is 0 Å². The molecule has 1 amide bonds. The van der Waals surface area contributed by atoms with Crippen molar-refractivity contribution in [2.24, 2.45) is 0 Å². The number of amides is 1. The lowest BCUT2D eigenvalue weighted by Crippen LogP contribution is -2.38. The van der Waals surface area contributed by atoms with Gasteiger partial charge in [0.15, 0.2) is 11.5 Å². The Morgan fingerprint density at radius 3 is 2.36 bits per heavy atom. The van der Waals surface area contributed by atoms with Crippen LogP contribution in [0.1, 0.15) is 18.1 Å². The van der Waals surface area contributed by atoms with Crippen LogP contribution in [0.4, 0.5) is 0 Å². The fourth-order valence-electron chi connectivity index (χ4n) is 3.21. The first kappa shape index (κ1) is 20.0. The molecule has 0 unspecified atom stereocenters. The molecule has 0 saturated carbocycles. The van der Waals surface area contributed by atoms with Crippen LogP contribution < -0.4 is 14.2 Å². The van der Waals surface area contributed by atoms with Crippen molar-refractivity contribution in [1.82, 2.24) is 9.80 Å². The van der Waals surface area contributed by atoms with Crippen molar-refractivity contribution in [3.05, 3.63) is 53.6 Å². The van der Waals surface area contributed by atoms with E-state index in [1.807, 2.05) is 66.2 Å². The third kappa shape index (κ3) is 5.16. The predicted molar refractivity (Wildman–Crippen MR) is 108 cm³/mol. The molecule has 0 atom stereocenters. The minimum absolute atomic E-state index is 0.105. The molecule has 28 heavy (non-hydrogen) atoms. The lowest BCUT2D eigenvalue weighted by molar-refractivity contribution is -0.132. The van der Waals surface area contributed by atoms with Gasteiger partial charge in [-0.3, -0.25) is 9.69 Å². The highest BCUT2D eigenvalue weighted by Gasteiger charge is 2.17. The molecule has 2 aromatic rings. The molecule has 150 valence electrons. The summed E-state index contributed by atoms with van der Waals surface area (Å²) in [6.45, 7) is 5.42. The zero-order chi connectivity index (χ0) is 19.9. The van der Waals surface area contributed by atoms with Crippen LogP contribution in [0, 0.1) is 0 Å². The summed E-state index contributed by atoms with van der Waals surface area (Å²) in [5.41, 5.74) is 2.18. The van der Waals surface area contributed by atoms with Crippen molar-refractivity contribution in [3.8, 4) is 17.2 Å². The Bertz CT molecular complexity index is 792. The molecule has 0 radical (unpaired) electrons. The number of nitrogens with zero attached hydrogens (tertiary/aromatic N) is 2. The Hall–Kier alpha value is -2.73. The highest BCUT2D eigenvalue weighted by molar-refractivity contribution is 5.78. The minimum atomic E-state index is 0.105. The summed E-state index contributed by atoms with van der Waals surface area (Å²) in [5, 5.41) is 0. The summed E-state index contributed by atoms with van der Waals surface area (Å²) in [6.07, 6.45) is 0. The van der Waals surface area contributed by atoms with Gasteiger partial charge in [0, 0.05) is 19.6 Å². The summed E-state index contributed by atoms with van der Waals surface area (Å²) in [6, 6.07) is 13.8. The van der Waals surface area contributed by atoms with Crippen molar-refractivity contribution in [2.75, 3.05) is 40.5 Å². The molecule has 6 heteroatoms. The lowest BCUT2D eigenvalue weighted by Gasteiger charge is -2.25. The number of benzene rings is 2. The van der Waals surface area contributed by atoms with Gasteiger partial charge in [0.25, 0.3) is 0 Å². The van der Waals surface area contributed by atoms with E-state index in [2.05, 4.69) is 0 Å². The Balaban J connectivity index is 1.56. The maximum Gasteiger partial charge on any atom is 0.237 e. The first-order chi connectivity index (χ1) is 13.6. The standard InChI is InChI=1S/C22H28N2O4/c1-4-24(15-18-7-10-20-21(13-18)28-12-11-27-20)22(25)16-23(2)14-17-5-8-19(26-3)9-6-17/h5-10,13H,4,11-12,14-16H2,1-3H3. The quantitative estimate of drug-likeness (QED) is 0.700. The van der Waals surface area contributed by atoms with E-state index in [1.54, 1.807) is 7.11 Å². The molecule has 0 spiro atoms. The van der Waals surface area contributed by atoms with Crippen LogP contribution in [-0.4, -0.2) is 56.2 Å². The molecule has 0 bridgehead atoms. The van der Waals surface area contributed by atoms with Crippen molar-refractivity contribution in [1.29, 1.82) is 0 Å². The number of hydrogen-bond donors (Lipinski definition) is 0. The monoisotopic (exact) mass is 384 g/mol. The first-order valence-electron chi connectivity index (χ1n) is 9.56. The molecule has 6 nitrogen and oxygen atoms in total. The number of carbonyl (C=O) groups excluding carboxylic acids is 1. The van der Waals surface area contributed by atoms with Gasteiger partial charge in [-0.1, -0.05) is 18.2 Å². The molecule has 1 aliphatic rings. The van der Waals surface area contributed by atoms with Gasteiger partial charge in [0.1, 0.15) is 19.0 Å². The normalized spacial score (nSPS) is 12.7. The van der Waals surface area contributed by atoms with E-state index in [0.29, 0.717) is 39.4 Å². The third-order valence-electron chi connectivity index (χ3n) is 4.73. The molecular formula is C22H28N2O4. The minimum Gasteiger partial charge on any atom is -0.497 e. The fourth-order valence-corrected chi connectivity index (χ4v) is 3.21. The smallest absolute Gasteiger partial charge is 0.237 e. The number of rotatable bonds is 8. The second kappa shape index (κ2) is 9.46. The zero-order valence-corrected chi connectivity index (χ0v) is 16.8. The third-order valence-corrected chi connectivity index (χ3v) is 4.73. The van der Waals surface area contributed by atoms with Crippen molar-refractivity contribution in [3.63, 3.8) is 0 Å². The molecule has 1 heterocycles. The summed E-state index contributed by atoms with van der Waals surface area (Å²) in [4.78, 5) is 16.7. The van der Waals surface area contributed by atoms with Gasteiger partial charge in [-0.2, -0.15) is 0 Å². The average Bonchev–Trinajstić information content (AvgIpc) is 2.72. The molecule has 0 aliphatic carbocycles. The summed E-state index contributed by atoms with van der Waals surface area (Å²) < 4.78 is 16.4. The summed E-state index contributed by atoms with van der Waals surface area (Å²) in [5.74, 6) is 2.46. The fraction of sp³-hybridized carbons (Fsp3) is 0.409. The molecule has 0 saturated heterocycles. The van der Waals surface area contributed by atoms with Gasteiger partial charge in [-0.25, -0.2) is 0 Å². The summed E-state index contributed by atoms with van der Waals surface area (Å²) in [7, 11) is 3.61. The zero-order valence-electron chi connectivity index (χ0n) is 16.8. The number of fused-ring (bicyclic) bond motifs is 1. The highest BCUT2D eigenvalue weighted by Crippen LogP contribution is 2.31. The van der Waals surface area contributed by atoms with Crippen LogP contribution >= 0.6 is 0 Å². The number of likely N-dealkylation sites (N-methyl/N-ethyl adjacent to an activating group) is 2. The van der Waals surface area contributed by atoms with Crippen LogP contribution in [0.5, 0.6) is 17.2 Å². The summed E-state index contributed by atoms with van der Waals surface area (Å²) >= 11 is 0. The van der Waals surface area contributed by atoms with Crippen molar-refractivity contribution < 1.29 is 19.0 Å². The van der Waals surface area contributed by atoms with E-state index in [9.17, 15) is 4.79 Å². The molecule has 0 N–H and O–H groups in total. The predicted octanol–water partition coefficient (Wildman–Crippen LogP) is 2.95. The maximum atomic E-state index is 12.8. The molecule has 0 aromatic heterocycles. The maximum absolute atomic E-state index is 12.8. The average molecular weight is 384 g/mol. The Morgan fingerprint density at radius 1 is 1.00 bits per heavy atom. The first-order valence-corrected chi connectivity index (χ1v) is 9.56. The van der Waals surface area contributed by atoms with Crippen LogP contribution in [0.2, 0.25) is 0 Å². The molecule has 3 rings (SSSR count). The van der Waals surface area contributed by atoms with Crippen LogP contribution in [0.15, 0.2) is 42.5 Å². The van der Waals surface area contributed by atoms with Gasteiger partial charge in [-0.15, -0.1) is 0 Å². The van der Waals surface area contributed by atoms with Crippen LogP contribution in [0.25, 0.3) is 0 Å². The van der Waals surface area contributed by atoms with Gasteiger partial charge in [0.2, 0.25) is 5.91 Å². The van der Waals surface area contributed by atoms with Crippen molar-refractivity contribution >= 4 is 5.91 Å². The Kier molecular flexibility index (Phi) is 6.76. The lowest BCUT2D eigenvalue weighted by atomic mass is 10.1. The Morgan fingerprint density at radius 2 is 1.68 bits per heavy atom. The van der Waals surface area contributed by atoms with Gasteiger partial charge in [-0.05, 0) is 49.4 Å². The topological polar surface area (TPSA) is 51.2 Å². The number of ether oxygens (including phenoxy) is 3. The second-order valence-corrected chi connectivity index (χ2v) is 6.91. The van der Waals surface area contributed by atoms with E-state index in [-0.39, 0.29) is 5.91 Å². The molecule has 0 fully saturated rings. The van der Waals surface area contributed by atoms with Gasteiger partial charge in [0.05, 0.1) is 13.7 Å². The Labute approximate surface area is 166 Å². The van der Waals surface area contributed by atoms with Crippen LogP contribution in [-0.2, 0) is 17.9 Å². The molecule has 2 aromatic carbocycles. The van der Waals surface area contributed by atoms with E-state index < -0.39 is 0 Å². The second-order valence-electron chi connectivity index (χ2n) is 6.91. The van der Waals surface area contributed by atoms with E-state index in [0.717, 1.165) is 28.4 Å². The number of carbonyl (C=O) groups is 1.